The van der Waals surface area contributed by atoms with E-state index in [0.29, 0.717) is 0 Å². The molecule has 0 atom stereocenters. The number of isocyanates is 1. The van der Waals surface area contributed by atoms with E-state index in [4.69, 9.17) is 10.2 Å². The van der Waals surface area contributed by atoms with Crippen LogP contribution in [0.5, 0.6) is 0 Å². The molecule has 9 heavy (non-hydrogen) atoms. The van der Waals surface area contributed by atoms with E-state index in [1.54, 1.807) is 18.5 Å². The maximum absolute atomic E-state index is 8.35. The minimum atomic E-state index is 0.750. The maximum Gasteiger partial charge on any atom is 0.231 e. The Hall–Kier alpha value is -1.54. The fourth-order valence-electron chi connectivity index (χ4n) is 0.253. The molecule has 0 aliphatic heterocycles. The lowest BCUT2D eigenvalue weighted by Crippen LogP contribution is -1.66. The van der Waals surface area contributed by atoms with Crippen molar-refractivity contribution in [3.8, 4) is 0 Å². The van der Waals surface area contributed by atoms with Crippen LogP contribution in [0.2, 0.25) is 0 Å². The van der Waals surface area contributed by atoms with Gasteiger partial charge in [-0.3, -0.25) is 0 Å². The second kappa shape index (κ2) is 6.46. The molecule has 1 heterocycles. The van der Waals surface area contributed by atoms with E-state index in [2.05, 4.69) is 9.97 Å². The lowest BCUT2D eigenvalue weighted by atomic mass is 10.7. The molecule has 0 saturated heterocycles. The Balaban J connectivity index is 0.000000187. The van der Waals surface area contributed by atoms with Crippen LogP contribution in [0.15, 0.2) is 24.8 Å². The minimum Gasteiger partial charge on any atom is -0.245 e. The maximum atomic E-state index is 8.35. The van der Waals surface area contributed by atoms with E-state index in [0.717, 1.165) is 6.08 Å². The molecule has 0 saturated carbocycles. The fourth-order valence-corrected chi connectivity index (χ4v) is 0.253. The topological polar surface area (TPSA) is 66.7 Å². The average Bonchev–Trinajstić information content (AvgIpc) is 1.93. The van der Waals surface area contributed by atoms with Gasteiger partial charge in [0.2, 0.25) is 6.08 Å². The standard InChI is InChI=1S/C4H4N2.CHNO/c1-2-5-4-6-3-1;2-1-3/h1-4H;2H. The Labute approximate surface area is 52.1 Å². The van der Waals surface area contributed by atoms with Gasteiger partial charge in [-0.25, -0.2) is 20.2 Å². The summed E-state index contributed by atoms with van der Waals surface area (Å²) in [5.41, 5.74) is 0. The van der Waals surface area contributed by atoms with Crippen molar-refractivity contribution in [1.29, 1.82) is 5.41 Å². The van der Waals surface area contributed by atoms with E-state index in [1.807, 2.05) is 0 Å². The number of hydrogen-bond donors (Lipinski definition) is 1. The van der Waals surface area contributed by atoms with E-state index in [-0.39, 0.29) is 0 Å². The molecule has 0 aromatic carbocycles. The van der Waals surface area contributed by atoms with Gasteiger partial charge in [-0.15, -0.1) is 0 Å². The molecule has 0 spiro atoms. The van der Waals surface area contributed by atoms with Crippen LogP contribution in [0, 0.1) is 5.41 Å². The van der Waals surface area contributed by atoms with E-state index in [1.165, 1.54) is 6.33 Å². The molecular formula is C5H5N3O. The van der Waals surface area contributed by atoms with E-state index < -0.39 is 0 Å². The third kappa shape index (κ3) is 6.46. The SMILES string of the molecule is N=C=O.c1cncnc1. The Morgan fingerprint density at radius 2 is 1.78 bits per heavy atom. The number of aromatic nitrogens is 2. The Morgan fingerprint density at radius 1 is 1.33 bits per heavy atom. The van der Waals surface area contributed by atoms with Crippen molar-refractivity contribution in [2.24, 2.45) is 0 Å². The second-order valence-corrected chi connectivity index (χ2v) is 1.01. The summed E-state index contributed by atoms with van der Waals surface area (Å²) in [6.07, 6.45) is 5.62. The summed E-state index contributed by atoms with van der Waals surface area (Å²) in [5.74, 6) is 0. The van der Waals surface area contributed by atoms with Crippen LogP contribution in [-0.2, 0) is 4.79 Å². The molecule has 1 rings (SSSR count). The van der Waals surface area contributed by atoms with Crippen molar-refractivity contribution in [3.63, 3.8) is 0 Å². The van der Waals surface area contributed by atoms with Crippen LogP contribution >= 0.6 is 0 Å². The summed E-state index contributed by atoms with van der Waals surface area (Å²) < 4.78 is 0. The zero-order chi connectivity index (χ0) is 6.95. The van der Waals surface area contributed by atoms with Crippen LogP contribution in [0.25, 0.3) is 0 Å². The lowest BCUT2D eigenvalue weighted by molar-refractivity contribution is 0.563. The molecule has 0 aliphatic carbocycles. The van der Waals surface area contributed by atoms with Gasteiger partial charge in [0, 0.05) is 12.4 Å². The Morgan fingerprint density at radius 3 is 1.89 bits per heavy atom. The molecule has 46 valence electrons. The van der Waals surface area contributed by atoms with Crippen LogP contribution in [-0.4, -0.2) is 16.0 Å². The van der Waals surface area contributed by atoms with Gasteiger partial charge < -0.3 is 0 Å². The highest BCUT2D eigenvalue weighted by atomic mass is 16.1. The molecule has 0 unspecified atom stereocenters. The predicted octanol–water partition coefficient (Wildman–Crippen LogP) is 0.378. The molecule has 0 fully saturated rings. The van der Waals surface area contributed by atoms with Gasteiger partial charge in [-0.2, -0.15) is 0 Å². The van der Waals surface area contributed by atoms with Crippen molar-refractivity contribution in [2.45, 2.75) is 0 Å². The van der Waals surface area contributed by atoms with Gasteiger partial charge in [-0.1, -0.05) is 0 Å². The van der Waals surface area contributed by atoms with Crippen molar-refractivity contribution < 1.29 is 4.79 Å². The molecule has 0 aliphatic rings. The average molecular weight is 123 g/mol. The monoisotopic (exact) mass is 123 g/mol. The van der Waals surface area contributed by atoms with Gasteiger partial charge >= 0.3 is 0 Å². The van der Waals surface area contributed by atoms with Crippen molar-refractivity contribution in [1.82, 2.24) is 9.97 Å². The second-order valence-electron chi connectivity index (χ2n) is 1.01. The highest BCUT2D eigenvalue weighted by molar-refractivity contribution is 5.26. The molecular weight excluding hydrogens is 118 g/mol. The molecule has 1 N–H and O–H groups in total. The summed E-state index contributed by atoms with van der Waals surface area (Å²) >= 11 is 0. The zero-order valence-electron chi connectivity index (χ0n) is 4.61. The van der Waals surface area contributed by atoms with Crippen LogP contribution in [0.4, 0.5) is 0 Å². The first-order chi connectivity index (χ1) is 4.41. The van der Waals surface area contributed by atoms with Gasteiger partial charge in [0.1, 0.15) is 6.33 Å². The highest BCUT2D eigenvalue weighted by Gasteiger charge is 1.59. The summed E-state index contributed by atoms with van der Waals surface area (Å²) in [5, 5.41) is 5.40. The first kappa shape index (κ1) is 7.46. The molecule has 0 radical (unpaired) electrons. The normalized spacial score (nSPS) is 6.22. The molecule has 0 bridgehead atoms. The quantitative estimate of drug-likeness (QED) is 0.400. The van der Waals surface area contributed by atoms with E-state index in [9.17, 15) is 0 Å². The van der Waals surface area contributed by atoms with Gasteiger partial charge in [0.05, 0.1) is 0 Å². The molecule has 1 aromatic rings. The first-order valence-corrected chi connectivity index (χ1v) is 2.15. The molecule has 1 aromatic heterocycles. The third-order valence-corrected chi connectivity index (χ3v) is 0.478. The van der Waals surface area contributed by atoms with Crippen LogP contribution in [0.3, 0.4) is 0 Å². The third-order valence-electron chi connectivity index (χ3n) is 0.478. The highest BCUT2D eigenvalue weighted by Crippen LogP contribution is 1.66. The Kier molecular flexibility index (Phi) is 5.35. The summed E-state index contributed by atoms with van der Waals surface area (Å²) in [6.45, 7) is 0. The lowest BCUT2D eigenvalue weighted by Gasteiger charge is -1.70. The number of rotatable bonds is 0. The first-order valence-electron chi connectivity index (χ1n) is 2.15. The summed E-state index contributed by atoms with van der Waals surface area (Å²) in [7, 11) is 0. The number of nitrogens with one attached hydrogen (secondary N) is 1. The van der Waals surface area contributed by atoms with Gasteiger partial charge in [0.25, 0.3) is 0 Å². The smallest absolute Gasteiger partial charge is 0.231 e. The van der Waals surface area contributed by atoms with Gasteiger partial charge in [0.15, 0.2) is 0 Å². The number of carbonyl (C=O) groups excluding carboxylic acids is 1. The number of hydrogen-bond acceptors (Lipinski definition) is 4. The zero-order valence-corrected chi connectivity index (χ0v) is 4.61. The van der Waals surface area contributed by atoms with Crippen LogP contribution in [0.1, 0.15) is 0 Å². The predicted molar refractivity (Wildman–Crippen MR) is 30.4 cm³/mol. The summed E-state index contributed by atoms with van der Waals surface area (Å²) in [6, 6.07) is 1.78. The molecule has 4 heteroatoms. The van der Waals surface area contributed by atoms with Crippen molar-refractivity contribution in [3.05, 3.63) is 24.8 Å². The summed E-state index contributed by atoms with van der Waals surface area (Å²) in [4.78, 5) is 15.7. The molecule has 4 nitrogen and oxygen atoms in total. The molecule has 0 amide bonds. The van der Waals surface area contributed by atoms with Crippen molar-refractivity contribution >= 4 is 6.08 Å². The van der Waals surface area contributed by atoms with Crippen molar-refractivity contribution in [2.75, 3.05) is 0 Å². The largest absolute Gasteiger partial charge is 0.245 e. The Bertz CT molecular complexity index is 142. The number of nitrogens with zero attached hydrogens (tertiary/aromatic N) is 2. The minimum absolute atomic E-state index is 0.750. The van der Waals surface area contributed by atoms with E-state index >= 15 is 0 Å². The van der Waals surface area contributed by atoms with Crippen LogP contribution < -0.4 is 0 Å². The fraction of sp³-hybridized carbons (Fsp3) is 0. The van der Waals surface area contributed by atoms with Gasteiger partial charge in [-0.05, 0) is 6.07 Å².